The molecule has 2 aromatic rings. The summed E-state index contributed by atoms with van der Waals surface area (Å²) >= 11 is 0. The molecule has 0 bridgehead atoms. The molecule has 4 nitrogen and oxygen atoms in total. The van der Waals surface area contributed by atoms with Gasteiger partial charge in [0.2, 0.25) is 0 Å². The number of carboxylic acid groups (broad SMARTS) is 1. The van der Waals surface area contributed by atoms with Crippen LogP contribution in [0.1, 0.15) is 29.9 Å². The quantitative estimate of drug-likeness (QED) is 0.889. The second-order valence-electron chi connectivity index (χ2n) is 5.02. The zero-order valence-corrected chi connectivity index (χ0v) is 10.8. The smallest absolute Gasteiger partial charge is 0.353 e. The summed E-state index contributed by atoms with van der Waals surface area (Å²) in [7, 11) is 0. The van der Waals surface area contributed by atoms with E-state index in [1.807, 2.05) is 24.3 Å². The van der Waals surface area contributed by atoms with Crippen LogP contribution in [0.15, 0.2) is 30.3 Å². The van der Waals surface area contributed by atoms with Crippen molar-refractivity contribution in [2.45, 2.75) is 25.9 Å². The number of aromatic nitrogens is 2. The van der Waals surface area contributed by atoms with E-state index in [4.69, 9.17) is 5.11 Å². The highest BCUT2D eigenvalue weighted by Crippen LogP contribution is 2.27. The minimum atomic E-state index is -1.33. The van der Waals surface area contributed by atoms with Gasteiger partial charge in [-0.05, 0) is 25.5 Å². The van der Waals surface area contributed by atoms with E-state index >= 15 is 0 Å². The lowest BCUT2D eigenvalue weighted by atomic mass is 9.94. The van der Waals surface area contributed by atoms with Gasteiger partial charge in [-0.2, -0.15) is 5.10 Å². The number of carbonyl (C=O) groups is 1. The Morgan fingerprint density at radius 3 is 2.68 bits per heavy atom. The number of nitrogens with zero attached hydrogens (tertiary/aromatic N) is 1. The Morgan fingerprint density at radius 2 is 2.11 bits per heavy atom. The highest BCUT2D eigenvalue weighted by Gasteiger charge is 2.20. The molecule has 2 N–H and O–H groups in total. The van der Waals surface area contributed by atoms with E-state index in [2.05, 4.69) is 10.2 Å². The number of halogens is 1. The largest absolute Gasteiger partial charge is 0.477 e. The zero-order chi connectivity index (χ0) is 14.0. The van der Waals surface area contributed by atoms with Crippen molar-refractivity contribution in [1.29, 1.82) is 0 Å². The van der Waals surface area contributed by atoms with E-state index in [1.165, 1.54) is 19.9 Å². The highest BCUT2D eigenvalue weighted by molar-refractivity contribution is 5.87. The third kappa shape index (κ3) is 3.19. The van der Waals surface area contributed by atoms with E-state index in [9.17, 15) is 9.18 Å². The molecule has 0 fully saturated rings. The summed E-state index contributed by atoms with van der Waals surface area (Å²) in [5.41, 5.74) is 0.749. The van der Waals surface area contributed by atoms with Crippen LogP contribution in [-0.2, 0) is 6.42 Å². The molecule has 1 aromatic heterocycles. The normalized spacial score (nSPS) is 11.5. The average molecular weight is 262 g/mol. The lowest BCUT2D eigenvalue weighted by Crippen LogP contribution is -2.16. The van der Waals surface area contributed by atoms with Gasteiger partial charge in [-0.15, -0.1) is 0 Å². The number of aromatic amines is 1. The van der Waals surface area contributed by atoms with Gasteiger partial charge in [-0.25, -0.2) is 9.18 Å². The maximum atomic E-state index is 13.8. The van der Waals surface area contributed by atoms with E-state index in [0.29, 0.717) is 5.69 Å². The Bertz CT molecular complexity index is 599. The molecule has 0 saturated heterocycles. The molecule has 1 aromatic carbocycles. The van der Waals surface area contributed by atoms with Gasteiger partial charge in [0, 0.05) is 12.0 Å². The Kier molecular flexibility index (Phi) is 3.38. The molecule has 0 saturated carbocycles. The van der Waals surface area contributed by atoms with Crippen molar-refractivity contribution >= 4 is 5.97 Å². The van der Waals surface area contributed by atoms with Gasteiger partial charge in [0.25, 0.3) is 0 Å². The SMILES string of the molecule is CC(C)(F)Cc1ccccc1-c1cc(C(=O)O)[nH]n1. The molecule has 0 spiro atoms. The molecule has 0 aliphatic carbocycles. The molecular weight excluding hydrogens is 247 g/mol. The number of rotatable bonds is 4. The summed E-state index contributed by atoms with van der Waals surface area (Å²) in [6, 6.07) is 8.73. The molecule has 5 heteroatoms. The third-order valence-corrected chi connectivity index (χ3v) is 2.71. The number of aromatic carboxylic acids is 1. The number of hydrogen-bond donors (Lipinski definition) is 2. The molecule has 0 radical (unpaired) electrons. The molecule has 19 heavy (non-hydrogen) atoms. The molecule has 0 aliphatic heterocycles. The zero-order valence-electron chi connectivity index (χ0n) is 10.8. The average Bonchev–Trinajstić information content (AvgIpc) is 2.76. The predicted molar refractivity (Wildman–Crippen MR) is 69.9 cm³/mol. The molecule has 0 amide bonds. The Balaban J connectivity index is 2.41. The summed E-state index contributed by atoms with van der Waals surface area (Å²) in [6.07, 6.45) is 0.248. The van der Waals surface area contributed by atoms with Crippen LogP contribution in [0.2, 0.25) is 0 Å². The molecule has 100 valence electrons. The topological polar surface area (TPSA) is 66.0 Å². The van der Waals surface area contributed by atoms with Gasteiger partial charge in [0.15, 0.2) is 0 Å². The van der Waals surface area contributed by atoms with Crippen LogP contribution in [-0.4, -0.2) is 26.9 Å². The Hall–Kier alpha value is -2.17. The third-order valence-electron chi connectivity index (χ3n) is 2.71. The number of nitrogens with one attached hydrogen (secondary N) is 1. The molecule has 2 rings (SSSR count). The van der Waals surface area contributed by atoms with E-state index in [-0.39, 0.29) is 12.1 Å². The predicted octanol–water partition coefficient (Wildman–Crippen LogP) is 3.07. The molecule has 0 aliphatic rings. The summed E-state index contributed by atoms with van der Waals surface area (Å²) in [5.74, 6) is -1.07. The van der Waals surface area contributed by atoms with Crippen molar-refractivity contribution in [3.05, 3.63) is 41.6 Å². The van der Waals surface area contributed by atoms with Gasteiger partial charge in [0.1, 0.15) is 11.4 Å². The Labute approximate surface area is 110 Å². The van der Waals surface area contributed by atoms with Crippen molar-refractivity contribution in [3.63, 3.8) is 0 Å². The highest BCUT2D eigenvalue weighted by atomic mass is 19.1. The second kappa shape index (κ2) is 4.84. The maximum absolute atomic E-state index is 13.8. The lowest BCUT2D eigenvalue weighted by molar-refractivity contribution is 0.0690. The van der Waals surface area contributed by atoms with Crippen LogP contribution in [0.3, 0.4) is 0 Å². The van der Waals surface area contributed by atoms with Gasteiger partial charge < -0.3 is 5.11 Å². The molecule has 0 unspecified atom stereocenters. The lowest BCUT2D eigenvalue weighted by Gasteiger charge is -2.16. The summed E-state index contributed by atoms with van der Waals surface area (Å²) < 4.78 is 13.8. The van der Waals surface area contributed by atoms with E-state index < -0.39 is 11.6 Å². The van der Waals surface area contributed by atoms with Gasteiger partial charge in [-0.1, -0.05) is 24.3 Å². The molecule has 1 heterocycles. The molecular formula is C14H15FN2O2. The van der Waals surface area contributed by atoms with Gasteiger partial charge in [-0.3, -0.25) is 5.10 Å². The maximum Gasteiger partial charge on any atom is 0.353 e. The fourth-order valence-electron chi connectivity index (χ4n) is 1.95. The summed E-state index contributed by atoms with van der Waals surface area (Å²) in [6.45, 7) is 3.02. The Morgan fingerprint density at radius 1 is 1.42 bits per heavy atom. The van der Waals surface area contributed by atoms with Crippen LogP contribution < -0.4 is 0 Å². The summed E-state index contributed by atoms with van der Waals surface area (Å²) in [5, 5.41) is 15.3. The second-order valence-corrected chi connectivity index (χ2v) is 5.02. The first kappa shape index (κ1) is 13.3. The van der Waals surface area contributed by atoms with Crippen LogP contribution >= 0.6 is 0 Å². The number of benzene rings is 1. The van der Waals surface area contributed by atoms with Crippen molar-refractivity contribution in [2.24, 2.45) is 0 Å². The standard InChI is InChI=1S/C14H15FN2O2/c1-14(2,15)8-9-5-3-4-6-10(9)11-7-12(13(18)19)17-16-11/h3-7H,8H2,1-2H3,(H,16,17)(H,18,19). The number of hydrogen-bond acceptors (Lipinski definition) is 2. The van der Waals surface area contributed by atoms with Crippen LogP contribution in [0.4, 0.5) is 4.39 Å². The van der Waals surface area contributed by atoms with Crippen molar-refractivity contribution in [3.8, 4) is 11.3 Å². The summed E-state index contributed by atoms with van der Waals surface area (Å²) in [4.78, 5) is 10.8. The molecule has 0 atom stereocenters. The fraction of sp³-hybridized carbons (Fsp3) is 0.286. The van der Waals surface area contributed by atoms with Crippen molar-refractivity contribution in [2.75, 3.05) is 0 Å². The van der Waals surface area contributed by atoms with Crippen LogP contribution in [0, 0.1) is 0 Å². The van der Waals surface area contributed by atoms with Crippen molar-refractivity contribution in [1.82, 2.24) is 10.2 Å². The fourth-order valence-corrected chi connectivity index (χ4v) is 1.95. The minimum absolute atomic E-state index is 0.0179. The van der Waals surface area contributed by atoms with Crippen LogP contribution in [0.25, 0.3) is 11.3 Å². The first-order chi connectivity index (χ1) is 8.87. The number of H-pyrrole nitrogens is 1. The van der Waals surface area contributed by atoms with Gasteiger partial charge >= 0.3 is 5.97 Å². The van der Waals surface area contributed by atoms with Gasteiger partial charge in [0.05, 0.1) is 5.69 Å². The van der Waals surface area contributed by atoms with Crippen LogP contribution in [0.5, 0.6) is 0 Å². The number of carboxylic acids is 1. The van der Waals surface area contributed by atoms with E-state index in [1.54, 1.807) is 0 Å². The first-order valence-electron chi connectivity index (χ1n) is 5.93. The minimum Gasteiger partial charge on any atom is -0.477 e. The number of alkyl halides is 1. The first-order valence-corrected chi connectivity index (χ1v) is 5.93. The monoisotopic (exact) mass is 262 g/mol. The van der Waals surface area contributed by atoms with Crippen molar-refractivity contribution < 1.29 is 14.3 Å². The van der Waals surface area contributed by atoms with E-state index in [0.717, 1.165) is 11.1 Å².